The summed E-state index contributed by atoms with van der Waals surface area (Å²) >= 11 is 6.11. The van der Waals surface area contributed by atoms with Crippen LogP contribution >= 0.6 is 11.6 Å². The molecule has 132 valence electrons. The summed E-state index contributed by atoms with van der Waals surface area (Å²) in [6.45, 7) is 2.87. The third kappa shape index (κ3) is 4.12. The maximum Gasteiger partial charge on any atom is 0.242 e. The lowest BCUT2D eigenvalue weighted by Gasteiger charge is -2.30. The quantitative estimate of drug-likeness (QED) is 0.815. The van der Waals surface area contributed by atoms with Crippen molar-refractivity contribution in [1.82, 2.24) is 4.90 Å². The Morgan fingerprint density at radius 1 is 1.12 bits per heavy atom. The summed E-state index contributed by atoms with van der Waals surface area (Å²) in [7, 11) is 2.99. The Labute approximate surface area is 147 Å². The van der Waals surface area contributed by atoms with Crippen LogP contribution in [0.25, 0.3) is 0 Å². The van der Waals surface area contributed by atoms with Gasteiger partial charge in [0.05, 0.1) is 24.9 Å². The van der Waals surface area contributed by atoms with Crippen molar-refractivity contribution in [1.29, 1.82) is 0 Å². The van der Waals surface area contributed by atoms with E-state index in [1.807, 2.05) is 0 Å². The first-order valence-corrected chi connectivity index (χ1v) is 8.33. The first kappa shape index (κ1) is 18.4. The number of carbonyl (C=O) groups excluding carboxylic acids is 2. The molecule has 1 heterocycles. The molecule has 0 N–H and O–H groups in total. The van der Waals surface area contributed by atoms with Gasteiger partial charge in [-0.25, -0.2) is 0 Å². The van der Waals surface area contributed by atoms with Crippen LogP contribution < -0.4 is 14.4 Å². The van der Waals surface area contributed by atoms with Gasteiger partial charge in [-0.05, 0) is 19.3 Å². The highest BCUT2D eigenvalue weighted by Crippen LogP contribution is 2.38. The number of benzene rings is 1. The smallest absolute Gasteiger partial charge is 0.242 e. The van der Waals surface area contributed by atoms with Crippen LogP contribution in [0.5, 0.6) is 11.5 Å². The molecule has 0 aromatic heterocycles. The van der Waals surface area contributed by atoms with Gasteiger partial charge in [-0.3, -0.25) is 14.5 Å². The van der Waals surface area contributed by atoms with E-state index in [0.29, 0.717) is 22.2 Å². The molecule has 1 aromatic rings. The average Bonchev–Trinajstić information content (AvgIpc) is 2.59. The Hall–Kier alpha value is -1.95. The molecule has 0 unspecified atom stereocenters. The van der Waals surface area contributed by atoms with Gasteiger partial charge in [-0.1, -0.05) is 11.6 Å². The summed E-state index contributed by atoms with van der Waals surface area (Å²) in [5, 5.41) is 0.379. The van der Waals surface area contributed by atoms with Gasteiger partial charge in [-0.15, -0.1) is 0 Å². The van der Waals surface area contributed by atoms with Crippen LogP contribution in [-0.2, 0) is 9.59 Å². The van der Waals surface area contributed by atoms with Crippen LogP contribution in [0.4, 0.5) is 5.69 Å². The second-order valence-corrected chi connectivity index (χ2v) is 6.11. The highest BCUT2D eigenvalue weighted by atomic mass is 35.5. The molecule has 0 bridgehead atoms. The first-order chi connectivity index (χ1) is 11.5. The molecule has 0 saturated carbocycles. The molecule has 1 aliphatic heterocycles. The maximum atomic E-state index is 12.5. The molecule has 0 atom stereocenters. The third-order valence-electron chi connectivity index (χ3n) is 4.13. The van der Waals surface area contributed by atoms with Gasteiger partial charge in [0.25, 0.3) is 0 Å². The largest absolute Gasteiger partial charge is 0.495 e. The Kier molecular flexibility index (Phi) is 6.31. The van der Waals surface area contributed by atoms with Crippen molar-refractivity contribution in [3.05, 3.63) is 17.2 Å². The second kappa shape index (κ2) is 8.24. The topological polar surface area (TPSA) is 59.1 Å². The molecule has 0 radical (unpaired) electrons. The molecule has 1 aromatic carbocycles. The van der Waals surface area contributed by atoms with Crippen molar-refractivity contribution in [2.45, 2.75) is 26.2 Å². The number of ether oxygens (including phenoxy) is 2. The van der Waals surface area contributed by atoms with Crippen LogP contribution in [0.2, 0.25) is 5.02 Å². The van der Waals surface area contributed by atoms with Crippen LogP contribution in [0.3, 0.4) is 0 Å². The molecule has 1 fully saturated rings. The number of amides is 2. The van der Waals surface area contributed by atoms with Gasteiger partial charge >= 0.3 is 0 Å². The van der Waals surface area contributed by atoms with Gasteiger partial charge in [0, 0.05) is 32.1 Å². The van der Waals surface area contributed by atoms with Crippen molar-refractivity contribution in [2.24, 2.45) is 0 Å². The average molecular weight is 355 g/mol. The Bertz CT molecular complexity index is 615. The van der Waals surface area contributed by atoms with E-state index >= 15 is 0 Å². The fourth-order valence-electron chi connectivity index (χ4n) is 2.80. The Morgan fingerprint density at radius 3 is 2.29 bits per heavy atom. The first-order valence-electron chi connectivity index (χ1n) is 7.95. The SMILES string of the molecule is COc1cc(N(CC(=O)N2CCCCC2)C(C)=O)c(OC)cc1Cl. The van der Waals surface area contributed by atoms with E-state index in [4.69, 9.17) is 21.1 Å². The van der Waals surface area contributed by atoms with Crippen LogP contribution in [0, 0.1) is 0 Å². The molecule has 0 aliphatic carbocycles. The molecular formula is C17H23ClN2O4. The summed E-state index contributed by atoms with van der Waals surface area (Å²) in [5.74, 6) is 0.524. The molecular weight excluding hydrogens is 332 g/mol. The van der Waals surface area contributed by atoms with E-state index in [2.05, 4.69) is 0 Å². The zero-order valence-electron chi connectivity index (χ0n) is 14.3. The molecule has 6 nitrogen and oxygen atoms in total. The normalized spacial score (nSPS) is 14.2. The van der Waals surface area contributed by atoms with Gasteiger partial charge in [0.2, 0.25) is 11.8 Å². The van der Waals surface area contributed by atoms with Gasteiger partial charge in [-0.2, -0.15) is 0 Å². The summed E-state index contributed by atoms with van der Waals surface area (Å²) < 4.78 is 10.5. The Balaban J connectivity index is 2.29. The lowest BCUT2D eigenvalue weighted by Crippen LogP contribution is -2.44. The number of hydrogen-bond donors (Lipinski definition) is 0. The number of methoxy groups -OCH3 is 2. The van der Waals surface area contributed by atoms with Crippen molar-refractivity contribution in [3.8, 4) is 11.5 Å². The van der Waals surface area contributed by atoms with E-state index in [1.54, 1.807) is 17.0 Å². The van der Waals surface area contributed by atoms with Crippen molar-refractivity contribution < 1.29 is 19.1 Å². The minimum atomic E-state index is -0.247. The highest BCUT2D eigenvalue weighted by Gasteiger charge is 2.25. The van der Waals surface area contributed by atoms with Gasteiger partial charge < -0.3 is 14.4 Å². The van der Waals surface area contributed by atoms with Crippen molar-refractivity contribution >= 4 is 29.1 Å². The minimum absolute atomic E-state index is 0.0313. The summed E-state index contributed by atoms with van der Waals surface area (Å²) in [4.78, 5) is 27.9. The Morgan fingerprint density at radius 2 is 1.75 bits per heavy atom. The predicted molar refractivity (Wildman–Crippen MR) is 93.0 cm³/mol. The van der Waals surface area contributed by atoms with E-state index < -0.39 is 0 Å². The lowest BCUT2D eigenvalue weighted by molar-refractivity contribution is -0.132. The molecule has 2 amide bonds. The lowest BCUT2D eigenvalue weighted by atomic mass is 10.1. The summed E-state index contributed by atoms with van der Waals surface area (Å²) in [5.41, 5.74) is 0.469. The summed E-state index contributed by atoms with van der Waals surface area (Å²) in [6, 6.07) is 3.20. The molecule has 1 saturated heterocycles. The fourth-order valence-corrected chi connectivity index (χ4v) is 3.03. The standard InChI is InChI=1S/C17H23ClN2O4/c1-12(21)20(11-17(22)19-7-5-4-6-8-19)14-10-15(23-2)13(18)9-16(14)24-3/h9-10H,4-8,11H2,1-3H3. The molecule has 1 aliphatic rings. The van der Waals surface area contributed by atoms with E-state index in [-0.39, 0.29) is 18.4 Å². The number of nitrogens with zero attached hydrogens (tertiary/aromatic N) is 2. The third-order valence-corrected chi connectivity index (χ3v) is 4.42. The molecule has 7 heteroatoms. The van der Waals surface area contributed by atoms with E-state index in [9.17, 15) is 9.59 Å². The zero-order valence-corrected chi connectivity index (χ0v) is 15.1. The highest BCUT2D eigenvalue weighted by molar-refractivity contribution is 6.32. The van der Waals surface area contributed by atoms with Crippen molar-refractivity contribution in [2.75, 3.05) is 38.8 Å². The number of rotatable bonds is 5. The second-order valence-electron chi connectivity index (χ2n) is 5.71. The van der Waals surface area contributed by atoms with Crippen LogP contribution in [0.1, 0.15) is 26.2 Å². The van der Waals surface area contributed by atoms with Crippen LogP contribution in [-0.4, -0.2) is 50.6 Å². The number of hydrogen-bond acceptors (Lipinski definition) is 4. The number of likely N-dealkylation sites (tertiary alicyclic amines) is 1. The minimum Gasteiger partial charge on any atom is -0.495 e. The van der Waals surface area contributed by atoms with E-state index in [0.717, 1.165) is 32.4 Å². The summed E-state index contributed by atoms with van der Waals surface area (Å²) in [6.07, 6.45) is 3.15. The number of halogens is 1. The molecule has 2 rings (SSSR count). The predicted octanol–water partition coefficient (Wildman–Crippen LogP) is 2.72. The number of carbonyl (C=O) groups is 2. The fraction of sp³-hybridized carbons (Fsp3) is 0.529. The van der Waals surface area contributed by atoms with Crippen molar-refractivity contribution in [3.63, 3.8) is 0 Å². The van der Waals surface area contributed by atoms with E-state index in [1.165, 1.54) is 26.0 Å². The monoisotopic (exact) mass is 354 g/mol. The zero-order chi connectivity index (χ0) is 17.7. The number of anilines is 1. The van der Waals surface area contributed by atoms with Crippen LogP contribution in [0.15, 0.2) is 12.1 Å². The molecule has 0 spiro atoms. The van der Waals surface area contributed by atoms with Gasteiger partial charge in [0.15, 0.2) is 0 Å². The number of piperidine rings is 1. The maximum absolute atomic E-state index is 12.5. The van der Waals surface area contributed by atoms with Gasteiger partial charge in [0.1, 0.15) is 18.0 Å². The molecule has 24 heavy (non-hydrogen) atoms.